The van der Waals surface area contributed by atoms with Gasteiger partial charge in [0, 0.05) is 29.7 Å². The lowest BCUT2D eigenvalue weighted by molar-refractivity contribution is 0.586. The predicted molar refractivity (Wildman–Crippen MR) is 52.2 cm³/mol. The summed E-state index contributed by atoms with van der Waals surface area (Å²) in [7, 11) is 0. The summed E-state index contributed by atoms with van der Waals surface area (Å²) in [6.45, 7) is 1.88. The maximum Gasteiger partial charge on any atom is 0.220 e. The molecule has 0 atom stereocenters. The smallest absolute Gasteiger partial charge is 0.220 e. The summed E-state index contributed by atoms with van der Waals surface area (Å²) < 4.78 is 13.3. The molecule has 2 aromatic rings. The molecule has 3 heteroatoms. The van der Waals surface area contributed by atoms with Crippen molar-refractivity contribution >= 4 is 0 Å². The van der Waals surface area contributed by atoms with Crippen molar-refractivity contribution in [3.63, 3.8) is 0 Å². The van der Waals surface area contributed by atoms with Crippen LogP contribution in [0, 0.1) is 12.9 Å². The molecule has 2 rings (SSSR count). The van der Waals surface area contributed by atoms with Crippen LogP contribution in [-0.2, 0) is 0 Å². The molecular weight excluding hydrogens is 179 g/mol. The van der Waals surface area contributed by atoms with Gasteiger partial charge < -0.3 is 0 Å². The quantitative estimate of drug-likeness (QED) is 0.643. The maximum absolute atomic E-state index is 13.3. The molecule has 0 aliphatic carbocycles. The lowest BCUT2D eigenvalue weighted by atomic mass is 10.1. The van der Waals surface area contributed by atoms with E-state index < -0.39 is 5.95 Å². The standard InChI is InChI=1S/C11H9FN2/c1-8-5-10(11(12)14-6-8)9-3-2-4-13-7-9/h2-7H,1H3. The van der Waals surface area contributed by atoms with Crippen LogP contribution < -0.4 is 0 Å². The first kappa shape index (κ1) is 8.81. The van der Waals surface area contributed by atoms with Gasteiger partial charge in [0.1, 0.15) is 0 Å². The van der Waals surface area contributed by atoms with Crippen LogP contribution in [0.15, 0.2) is 36.8 Å². The Morgan fingerprint density at radius 3 is 2.86 bits per heavy atom. The van der Waals surface area contributed by atoms with Gasteiger partial charge in [-0.1, -0.05) is 6.07 Å². The molecular formula is C11H9FN2. The van der Waals surface area contributed by atoms with E-state index in [0.29, 0.717) is 5.56 Å². The molecule has 0 aliphatic rings. The summed E-state index contributed by atoms with van der Waals surface area (Å²) >= 11 is 0. The number of rotatable bonds is 1. The van der Waals surface area contributed by atoms with E-state index in [0.717, 1.165) is 11.1 Å². The van der Waals surface area contributed by atoms with Gasteiger partial charge in [-0.2, -0.15) is 4.39 Å². The Morgan fingerprint density at radius 1 is 1.29 bits per heavy atom. The average Bonchev–Trinajstić information content (AvgIpc) is 2.23. The Hall–Kier alpha value is -1.77. The molecule has 2 nitrogen and oxygen atoms in total. The molecule has 70 valence electrons. The van der Waals surface area contributed by atoms with Crippen molar-refractivity contribution in [1.82, 2.24) is 9.97 Å². The molecule has 2 aromatic heterocycles. The third-order valence-electron chi connectivity index (χ3n) is 1.95. The molecule has 0 saturated carbocycles. The molecule has 0 aliphatic heterocycles. The van der Waals surface area contributed by atoms with E-state index in [9.17, 15) is 4.39 Å². The van der Waals surface area contributed by atoms with Gasteiger partial charge in [-0.05, 0) is 24.6 Å². The number of hydrogen-bond acceptors (Lipinski definition) is 2. The Morgan fingerprint density at radius 2 is 2.14 bits per heavy atom. The number of hydrogen-bond donors (Lipinski definition) is 0. The first-order chi connectivity index (χ1) is 6.77. The number of pyridine rings is 2. The normalized spacial score (nSPS) is 10.1. The monoisotopic (exact) mass is 188 g/mol. The molecule has 0 saturated heterocycles. The second-order valence-corrected chi connectivity index (χ2v) is 3.09. The largest absolute Gasteiger partial charge is 0.264 e. The van der Waals surface area contributed by atoms with Crippen molar-refractivity contribution in [1.29, 1.82) is 0 Å². The number of aromatic nitrogens is 2. The van der Waals surface area contributed by atoms with Gasteiger partial charge in [-0.3, -0.25) is 4.98 Å². The summed E-state index contributed by atoms with van der Waals surface area (Å²) in [5, 5.41) is 0. The molecule has 14 heavy (non-hydrogen) atoms. The van der Waals surface area contributed by atoms with Crippen molar-refractivity contribution in [2.45, 2.75) is 6.92 Å². The minimum atomic E-state index is -0.455. The highest BCUT2D eigenvalue weighted by atomic mass is 19.1. The SMILES string of the molecule is Cc1cnc(F)c(-c2cccnc2)c1. The minimum Gasteiger partial charge on any atom is -0.264 e. The molecule has 0 unspecified atom stereocenters. The topological polar surface area (TPSA) is 25.8 Å². The molecule has 0 N–H and O–H groups in total. The Labute approximate surface area is 81.5 Å². The zero-order valence-electron chi connectivity index (χ0n) is 7.74. The fraction of sp³-hybridized carbons (Fsp3) is 0.0909. The summed E-state index contributed by atoms with van der Waals surface area (Å²) in [6.07, 6.45) is 4.79. The summed E-state index contributed by atoms with van der Waals surface area (Å²) in [5.74, 6) is -0.455. The predicted octanol–water partition coefficient (Wildman–Crippen LogP) is 2.59. The van der Waals surface area contributed by atoms with Crippen LogP contribution in [0.1, 0.15) is 5.56 Å². The van der Waals surface area contributed by atoms with E-state index in [1.807, 2.05) is 13.0 Å². The van der Waals surface area contributed by atoms with Crippen molar-refractivity contribution in [3.8, 4) is 11.1 Å². The van der Waals surface area contributed by atoms with Gasteiger partial charge in [0.2, 0.25) is 5.95 Å². The van der Waals surface area contributed by atoms with Gasteiger partial charge in [-0.15, -0.1) is 0 Å². The van der Waals surface area contributed by atoms with Gasteiger partial charge >= 0.3 is 0 Å². The van der Waals surface area contributed by atoms with Gasteiger partial charge in [0.25, 0.3) is 0 Å². The van der Waals surface area contributed by atoms with Gasteiger partial charge in [0.05, 0.1) is 0 Å². The third kappa shape index (κ3) is 1.62. The van der Waals surface area contributed by atoms with Crippen LogP contribution in [0.4, 0.5) is 4.39 Å². The molecule has 2 heterocycles. The molecule has 0 spiro atoms. The van der Waals surface area contributed by atoms with Crippen LogP contribution in [0.3, 0.4) is 0 Å². The van der Waals surface area contributed by atoms with E-state index in [1.165, 1.54) is 6.20 Å². The van der Waals surface area contributed by atoms with E-state index >= 15 is 0 Å². The van der Waals surface area contributed by atoms with E-state index in [2.05, 4.69) is 9.97 Å². The number of aryl methyl sites for hydroxylation is 1. The van der Waals surface area contributed by atoms with Gasteiger partial charge in [0.15, 0.2) is 0 Å². The van der Waals surface area contributed by atoms with Crippen molar-refractivity contribution in [2.24, 2.45) is 0 Å². The van der Waals surface area contributed by atoms with Crippen LogP contribution in [0.5, 0.6) is 0 Å². The first-order valence-electron chi connectivity index (χ1n) is 4.30. The minimum absolute atomic E-state index is 0.455. The molecule has 0 radical (unpaired) electrons. The highest BCUT2D eigenvalue weighted by Gasteiger charge is 2.05. The summed E-state index contributed by atoms with van der Waals surface area (Å²) in [5.41, 5.74) is 2.18. The Kier molecular flexibility index (Phi) is 2.23. The third-order valence-corrected chi connectivity index (χ3v) is 1.95. The highest BCUT2D eigenvalue weighted by molar-refractivity contribution is 5.62. The maximum atomic E-state index is 13.3. The van der Waals surface area contributed by atoms with Crippen LogP contribution in [0.25, 0.3) is 11.1 Å². The molecule has 0 amide bonds. The second kappa shape index (κ2) is 3.54. The molecule has 0 bridgehead atoms. The number of halogens is 1. The van der Waals surface area contributed by atoms with Crippen molar-refractivity contribution in [2.75, 3.05) is 0 Å². The van der Waals surface area contributed by atoms with Crippen LogP contribution >= 0.6 is 0 Å². The zero-order valence-corrected chi connectivity index (χ0v) is 7.74. The van der Waals surface area contributed by atoms with E-state index in [-0.39, 0.29) is 0 Å². The Balaban J connectivity index is 2.57. The lowest BCUT2D eigenvalue weighted by Gasteiger charge is -2.02. The fourth-order valence-corrected chi connectivity index (χ4v) is 1.28. The fourth-order valence-electron chi connectivity index (χ4n) is 1.28. The first-order valence-corrected chi connectivity index (χ1v) is 4.30. The average molecular weight is 188 g/mol. The lowest BCUT2D eigenvalue weighted by Crippen LogP contribution is -1.90. The van der Waals surface area contributed by atoms with Crippen molar-refractivity contribution in [3.05, 3.63) is 48.3 Å². The van der Waals surface area contributed by atoms with Gasteiger partial charge in [-0.25, -0.2) is 4.98 Å². The molecule has 0 aromatic carbocycles. The van der Waals surface area contributed by atoms with Crippen LogP contribution in [-0.4, -0.2) is 9.97 Å². The molecule has 0 fully saturated rings. The van der Waals surface area contributed by atoms with Crippen LogP contribution in [0.2, 0.25) is 0 Å². The van der Waals surface area contributed by atoms with Crippen molar-refractivity contribution < 1.29 is 4.39 Å². The summed E-state index contributed by atoms with van der Waals surface area (Å²) in [6, 6.07) is 5.35. The van der Waals surface area contributed by atoms with E-state index in [4.69, 9.17) is 0 Å². The number of nitrogens with zero attached hydrogens (tertiary/aromatic N) is 2. The van der Waals surface area contributed by atoms with E-state index in [1.54, 1.807) is 24.5 Å². The second-order valence-electron chi connectivity index (χ2n) is 3.09. The zero-order chi connectivity index (χ0) is 9.97. The summed E-state index contributed by atoms with van der Waals surface area (Å²) in [4.78, 5) is 7.60. The highest BCUT2D eigenvalue weighted by Crippen LogP contribution is 2.20. The Bertz CT molecular complexity index is 440.